The number of hydrogen-bond donors (Lipinski definition) is 2. The zero-order chi connectivity index (χ0) is 15.8. The molecule has 4 heteroatoms. The number of aryl methyl sites for hydroxylation is 2. The molecule has 0 aromatic heterocycles. The fraction of sp³-hybridized carbons (Fsp3) is 0.222. The molecule has 2 N–H and O–H groups in total. The molecule has 0 aliphatic rings. The Morgan fingerprint density at radius 1 is 1.05 bits per heavy atom. The average Bonchev–Trinajstić information content (AvgIpc) is 2.53. The molecule has 0 saturated heterocycles. The number of thiocarbonyl (C=S) groups is 1. The van der Waals surface area contributed by atoms with Crippen molar-refractivity contribution in [1.29, 1.82) is 0 Å². The molecule has 2 aromatic carbocycles. The number of amides is 1. The molecular weight excluding hydrogens is 292 g/mol. The van der Waals surface area contributed by atoms with Crippen molar-refractivity contribution in [1.82, 2.24) is 10.6 Å². The lowest BCUT2D eigenvalue weighted by molar-refractivity contribution is 0.0976. The zero-order valence-electron chi connectivity index (χ0n) is 12.6. The van der Waals surface area contributed by atoms with E-state index < -0.39 is 0 Å². The fourth-order valence-corrected chi connectivity index (χ4v) is 2.26. The molecule has 0 heterocycles. The highest BCUT2D eigenvalue weighted by molar-refractivity contribution is 7.80. The lowest BCUT2D eigenvalue weighted by Gasteiger charge is -2.09. The maximum absolute atomic E-state index is 12.0. The van der Waals surface area contributed by atoms with Crippen molar-refractivity contribution in [2.75, 3.05) is 6.54 Å². The molecule has 0 saturated carbocycles. The summed E-state index contributed by atoms with van der Waals surface area (Å²) in [5.74, 6) is -0.180. The maximum Gasteiger partial charge on any atom is 0.257 e. The summed E-state index contributed by atoms with van der Waals surface area (Å²) < 4.78 is 0. The first-order chi connectivity index (χ1) is 10.6. The fourth-order valence-electron chi connectivity index (χ4n) is 2.06. The van der Waals surface area contributed by atoms with Gasteiger partial charge in [0.05, 0.1) is 0 Å². The topological polar surface area (TPSA) is 41.1 Å². The average molecular weight is 312 g/mol. The SMILES string of the molecule is Cc1ccc(C(=O)NC(=S)NCCCc2ccccc2)cc1. The van der Waals surface area contributed by atoms with Gasteiger partial charge in [0.2, 0.25) is 0 Å². The van der Waals surface area contributed by atoms with Crippen molar-refractivity contribution in [3.05, 3.63) is 71.3 Å². The third-order valence-corrected chi connectivity index (χ3v) is 3.56. The van der Waals surface area contributed by atoms with Crippen LogP contribution in [0.3, 0.4) is 0 Å². The molecule has 0 unspecified atom stereocenters. The first kappa shape index (κ1) is 16.2. The Balaban J connectivity index is 1.69. The Kier molecular flexibility index (Phi) is 6.10. The van der Waals surface area contributed by atoms with Gasteiger partial charge in [-0.3, -0.25) is 10.1 Å². The van der Waals surface area contributed by atoms with Gasteiger partial charge in [0, 0.05) is 12.1 Å². The van der Waals surface area contributed by atoms with Crippen LogP contribution in [0, 0.1) is 6.92 Å². The summed E-state index contributed by atoms with van der Waals surface area (Å²) in [5, 5.41) is 6.13. The van der Waals surface area contributed by atoms with Crippen LogP contribution < -0.4 is 10.6 Å². The van der Waals surface area contributed by atoms with Crippen LogP contribution in [0.4, 0.5) is 0 Å². The summed E-state index contributed by atoms with van der Waals surface area (Å²) in [7, 11) is 0. The molecule has 0 atom stereocenters. The van der Waals surface area contributed by atoms with E-state index in [4.69, 9.17) is 12.2 Å². The van der Waals surface area contributed by atoms with Gasteiger partial charge in [-0.15, -0.1) is 0 Å². The Hall–Kier alpha value is -2.20. The number of carbonyl (C=O) groups excluding carboxylic acids is 1. The molecule has 0 bridgehead atoms. The highest BCUT2D eigenvalue weighted by Crippen LogP contribution is 2.03. The summed E-state index contributed by atoms with van der Waals surface area (Å²) in [4.78, 5) is 12.0. The summed E-state index contributed by atoms with van der Waals surface area (Å²) in [6, 6.07) is 17.7. The summed E-state index contributed by atoms with van der Waals surface area (Å²) in [6.07, 6.45) is 1.95. The molecule has 2 aromatic rings. The molecular formula is C18H20N2OS. The van der Waals surface area contributed by atoms with Crippen molar-refractivity contribution in [3.8, 4) is 0 Å². The molecule has 0 radical (unpaired) electrons. The second-order valence-corrected chi connectivity index (χ2v) is 5.57. The van der Waals surface area contributed by atoms with Crippen LogP contribution in [-0.2, 0) is 6.42 Å². The monoisotopic (exact) mass is 312 g/mol. The second-order valence-electron chi connectivity index (χ2n) is 5.17. The van der Waals surface area contributed by atoms with Crippen LogP contribution in [0.1, 0.15) is 27.9 Å². The molecule has 0 aliphatic heterocycles. The van der Waals surface area contributed by atoms with Crippen molar-refractivity contribution < 1.29 is 4.79 Å². The van der Waals surface area contributed by atoms with E-state index in [-0.39, 0.29) is 5.91 Å². The van der Waals surface area contributed by atoms with E-state index in [1.807, 2.05) is 37.3 Å². The lowest BCUT2D eigenvalue weighted by Crippen LogP contribution is -2.39. The highest BCUT2D eigenvalue weighted by Gasteiger charge is 2.06. The molecule has 0 fully saturated rings. The van der Waals surface area contributed by atoms with Crippen molar-refractivity contribution in [3.63, 3.8) is 0 Å². The molecule has 2 rings (SSSR count). The zero-order valence-corrected chi connectivity index (χ0v) is 13.5. The Morgan fingerprint density at radius 3 is 2.41 bits per heavy atom. The Morgan fingerprint density at radius 2 is 1.73 bits per heavy atom. The molecule has 0 spiro atoms. The largest absolute Gasteiger partial charge is 0.362 e. The second kappa shape index (κ2) is 8.29. The molecule has 3 nitrogen and oxygen atoms in total. The van der Waals surface area contributed by atoms with Gasteiger partial charge in [-0.05, 0) is 49.7 Å². The van der Waals surface area contributed by atoms with Gasteiger partial charge >= 0.3 is 0 Å². The summed E-state index contributed by atoms with van der Waals surface area (Å²) >= 11 is 5.14. The predicted molar refractivity (Wildman–Crippen MR) is 94.0 cm³/mol. The number of rotatable bonds is 5. The summed E-state index contributed by atoms with van der Waals surface area (Å²) in [6.45, 7) is 2.72. The Bertz CT molecular complexity index is 623. The highest BCUT2D eigenvalue weighted by atomic mass is 32.1. The van der Waals surface area contributed by atoms with Crippen LogP contribution in [0.15, 0.2) is 54.6 Å². The Labute approximate surface area is 136 Å². The first-order valence-electron chi connectivity index (χ1n) is 7.35. The number of carbonyl (C=O) groups is 1. The van der Waals surface area contributed by atoms with Crippen molar-refractivity contribution >= 4 is 23.2 Å². The molecule has 1 amide bonds. The molecule has 22 heavy (non-hydrogen) atoms. The predicted octanol–water partition coefficient (Wildman–Crippen LogP) is 3.23. The van der Waals surface area contributed by atoms with Gasteiger partial charge in [0.1, 0.15) is 0 Å². The standard InChI is InChI=1S/C18H20N2OS/c1-14-9-11-16(12-10-14)17(21)20-18(22)19-13-5-8-15-6-3-2-4-7-15/h2-4,6-7,9-12H,5,8,13H2,1H3,(H2,19,20,21,22). The van der Waals surface area contributed by atoms with E-state index in [1.54, 1.807) is 12.1 Å². The normalized spacial score (nSPS) is 10.0. The number of benzene rings is 2. The van der Waals surface area contributed by atoms with Crippen molar-refractivity contribution in [2.24, 2.45) is 0 Å². The van der Waals surface area contributed by atoms with E-state index in [1.165, 1.54) is 5.56 Å². The van der Waals surface area contributed by atoms with Crippen LogP contribution in [0.25, 0.3) is 0 Å². The van der Waals surface area contributed by atoms with Crippen LogP contribution >= 0.6 is 12.2 Å². The van der Waals surface area contributed by atoms with Gasteiger partial charge < -0.3 is 5.32 Å². The summed E-state index contributed by atoms with van der Waals surface area (Å²) in [5.41, 5.74) is 3.04. The third kappa shape index (κ3) is 5.30. The molecule has 0 aliphatic carbocycles. The van der Waals surface area contributed by atoms with Gasteiger partial charge in [0.15, 0.2) is 5.11 Å². The van der Waals surface area contributed by atoms with Crippen molar-refractivity contribution in [2.45, 2.75) is 19.8 Å². The van der Waals surface area contributed by atoms with E-state index in [0.29, 0.717) is 10.7 Å². The van der Waals surface area contributed by atoms with E-state index >= 15 is 0 Å². The van der Waals surface area contributed by atoms with Crippen LogP contribution in [0.2, 0.25) is 0 Å². The smallest absolute Gasteiger partial charge is 0.257 e. The quantitative estimate of drug-likeness (QED) is 0.658. The van der Waals surface area contributed by atoms with Gasteiger partial charge in [-0.2, -0.15) is 0 Å². The first-order valence-corrected chi connectivity index (χ1v) is 7.76. The van der Waals surface area contributed by atoms with Gasteiger partial charge in [0.25, 0.3) is 5.91 Å². The van der Waals surface area contributed by atoms with Crippen LogP contribution in [0.5, 0.6) is 0 Å². The van der Waals surface area contributed by atoms with E-state index in [0.717, 1.165) is 24.9 Å². The van der Waals surface area contributed by atoms with Crippen LogP contribution in [-0.4, -0.2) is 17.6 Å². The minimum Gasteiger partial charge on any atom is -0.362 e. The van der Waals surface area contributed by atoms with E-state index in [2.05, 4.69) is 22.8 Å². The minimum atomic E-state index is -0.180. The minimum absolute atomic E-state index is 0.180. The van der Waals surface area contributed by atoms with E-state index in [9.17, 15) is 4.79 Å². The number of hydrogen-bond acceptors (Lipinski definition) is 2. The lowest BCUT2D eigenvalue weighted by atomic mass is 10.1. The van der Waals surface area contributed by atoms with Gasteiger partial charge in [-0.25, -0.2) is 0 Å². The third-order valence-electron chi connectivity index (χ3n) is 3.31. The maximum atomic E-state index is 12.0. The number of nitrogens with one attached hydrogen (secondary N) is 2. The van der Waals surface area contributed by atoms with Gasteiger partial charge in [-0.1, -0.05) is 48.0 Å². The molecule has 114 valence electrons.